The molecule has 0 radical (unpaired) electrons. The highest BCUT2D eigenvalue weighted by atomic mass is 32.1. The Morgan fingerprint density at radius 3 is 2.48 bits per heavy atom. The summed E-state index contributed by atoms with van der Waals surface area (Å²) in [4.78, 5) is 7.81. The van der Waals surface area contributed by atoms with E-state index in [1.807, 2.05) is 0 Å². The SMILES string of the molecule is CCCCN(CCCC)c1nc2c(cc1C(N)=S)CCC2. The first kappa shape index (κ1) is 16.2. The second-order valence-corrected chi connectivity index (χ2v) is 6.32. The van der Waals surface area contributed by atoms with Crippen LogP contribution in [-0.4, -0.2) is 23.1 Å². The van der Waals surface area contributed by atoms with Crippen LogP contribution < -0.4 is 10.6 Å². The highest BCUT2D eigenvalue weighted by Gasteiger charge is 2.20. The maximum absolute atomic E-state index is 5.97. The molecule has 2 N–H and O–H groups in total. The number of aryl methyl sites for hydroxylation is 2. The molecule has 0 saturated heterocycles. The molecule has 2 rings (SSSR count). The van der Waals surface area contributed by atoms with Gasteiger partial charge in [-0.2, -0.15) is 0 Å². The molecule has 1 aromatic heterocycles. The summed E-state index contributed by atoms with van der Waals surface area (Å²) >= 11 is 5.28. The number of hydrogen-bond donors (Lipinski definition) is 1. The van der Waals surface area contributed by atoms with E-state index in [0.717, 1.165) is 37.3 Å². The van der Waals surface area contributed by atoms with Crippen LogP contribution in [0.5, 0.6) is 0 Å². The van der Waals surface area contributed by atoms with Crippen LogP contribution in [0, 0.1) is 0 Å². The van der Waals surface area contributed by atoms with Gasteiger partial charge in [-0.25, -0.2) is 4.98 Å². The van der Waals surface area contributed by atoms with E-state index in [9.17, 15) is 0 Å². The van der Waals surface area contributed by atoms with E-state index in [0.29, 0.717) is 4.99 Å². The smallest absolute Gasteiger partial charge is 0.139 e. The minimum Gasteiger partial charge on any atom is -0.389 e. The molecule has 21 heavy (non-hydrogen) atoms. The van der Waals surface area contributed by atoms with Crippen molar-refractivity contribution in [2.24, 2.45) is 5.73 Å². The zero-order valence-corrected chi connectivity index (χ0v) is 14.1. The molecular weight excluding hydrogens is 278 g/mol. The predicted octanol–water partition coefficient (Wildman–Crippen LogP) is 3.61. The normalized spacial score (nSPS) is 13.2. The predicted molar refractivity (Wildman–Crippen MR) is 94.2 cm³/mol. The molecule has 0 spiro atoms. The number of hydrogen-bond acceptors (Lipinski definition) is 3. The van der Waals surface area contributed by atoms with Crippen molar-refractivity contribution in [2.75, 3.05) is 18.0 Å². The van der Waals surface area contributed by atoms with Crippen molar-refractivity contribution in [1.29, 1.82) is 0 Å². The molecular formula is C17H27N3S. The molecule has 0 fully saturated rings. The lowest BCUT2D eigenvalue weighted by molar-refractivity contribution is 0.669. The standard InChI is InChI=1S/C17H27N3S/c1-3-5-10-20(11-6-4-2)17-14(16(18)21)12-13-8-7-9-15(13)19-17/h12H,3-11H2,1-2H3,(H2,18,21). The average molecular weight is 305 g/mol. The van der Waals surface area contributed by atoms with E-state index in [1.165, 1.54) is 43.4 Å². The number of nitrogens with zero attached hydrogens (tertiary/aromatic N) is 2. The van der Waals surface area contributed by atoms with Crippen molar-refractivity contribution in [2.45, 2.75) is 58.8 Å². The van der Waals surface area contributed by atoms with E-state index < -0.39 is 0 Å². The van der Waals surface area contributed by atoms with Crippen molar-refractivity contribution in [3.05, 3.63) is 22.9 Å². The van der Waals surface area contributed by atoms with Gasteiger partial charge in [0, 0.05) is 18.8 Å². The fraction of sp³-hybridized carbons (Fsp3) is 0.647. The zero-order chi connectivity index (χ0) is 15.2. The molecule has 4 heteroatoms. The Bertz CT molecular complexity index is 491. The van der Waals surface area contributed by atoms with Gasteiger partial charge in [0.25, 0.3) is 0 Å². The molecule has 0 atom stereocenters. The summed E-state index contributed by atoms with van der Waals surface area (Å²) in [6.07, 6.45) is 8.15. The van der Waals surface area contributed by atoms with Crippen LogP contribution in [0.1, 0.15) is 62.8 Å². The maximum Gasteiger partial charge on any atom is 0.139 e. The highest BCUT2D eigenvalue weighted by Crippen LogP contribution is 2.28. The van der Waals surface area contributed by atoms with Gasteiger partial charge in [0.1, 0.15) is 10.8 Å². The Morgan fingerprint density at radius 1 is 1.24 bits per heavy atom. The van der Waals surface area contributed by atoms with Gasteiger partial charge in [0.05, 0.1) is 5.56 Å². The number of rotatable bonds is 8. The van der Waals surface area contributed by atoms with Gasteiger partial charge in [-0.1, -0.05) is 38.9 Å². The van der Waals surface area contributed by atoms with Gasteiger partial charge in [0.2, 0.25) is 0 Å². The fourth-order valence-electron chi connectivity index (χ4n) is 2.91. The van der Waals surface area contributed by atoms with Crippen LogP contribution in [-0.2, 0) is 12.8 Å². The van der Waals surface area contributed by atoms with Gasteiger partial charge in [-0.15, -0.1) is 0 Å². The molecule has 0 bridgehead atoms. The van der Waals surface area contributed by atoms with Gasteiger partial charge in [0.15, 0.2) is 0 Å². The third-order valence-corrected chi connectivity index (χ3v) is 4.38. The van der Waals surface area contributed by atoms with Crippen LogP contribution in [0.3, 0.4) is 0 Å². The second-order valence-electron chi connectivity index (χ2n) is 5.88. The summed E-state index contributed by atoms with van der Waals surface area (Å²) in [6.45, 7) is 6.53. The van der Waals surface area contributed by atoms with Crippen molar-refractivity contribution in [1.82, 2.24) is 4.98 Å². The summed E-state index contributed by atoms with van der Waals surface area (Å²) in [6, 6.07) is 2.19. The van der Waals surface area contributed by atoms with E-state index >= 15 is 0 Å². The lowest BCUT2D eigenvalue weighted by Crippen LogP contribution is -2.30. The van der Waals surface area contributed by atoms with E-state index in [2.05, 4.69) is 24.8 Å². The number of aromatic nitrogens is 1. The number of unbranched alkanes of at least 4 members (excludes halogenated alkanes) is 2. The molecule has 1 aromatic rings. The number of pyridine rings is 1. The Hall–Kier alpha value is -1.16. The summed E-state index contributed by atoms with van der Waals surface area (Å²) in [7, 11) is 0. The molecule has 0 saturated carbocycles. The van der Waals surface area contributed by atoms with Crippen LogP contribution in [0.4, 0.5) is 5.82 Å². The summed E-state index contributed by atoms with van der Waals surface area (Å²) in [5.74, 6) is 1.02. The second kappa shape index (κ2) is 7.74. The van der Waals surface area contributed by atoms with Crippen molar-refractivity contribution >= 4 is 23.0 Å². The number of fused-ring (bicyclic) bond motifs is 1. The molecule has 1 aliphatic rings. The van der Waals surface area contributed by atoms with E-state index in [1.54, 1.807) is 0 Å². The summed E-state index contributed by atoms with van der Waals surface area (Å²) in [5.41, 5.74) is 9.53. The number of anilines is 1. The lowest BCUT2D eigenvalue weighted by Gasteiger charge is -2.26. The monoisotopic (exact) mass is 305 g/mol. The highest BCUT2D eigenvalue weighted by molar-refractivity contribution is 7.80. The largest absolute Gasteiger partial charge is 0.389 e. The molecule has 1 heterocycles. The molecule has 1 aliphatic carbocycles. The fourth-order valence-corrected chi connectivity index (χ4v) is 3.06. The topological polar surface area (TPSA) is 42.2 Å². The Labute approximate surface area is 133 Å². The third kappa shape index (κ3) is 3.94. The van der Waals surface area contributed by atoms with Crippen molar-refractivity contribution in [3.63, 3.8) is 0 Å². The quantitative estimate of drug-likeness (QED) is 0.745. The van der Waals surface area contributed by atoms with E-state index in [-0.39, 0.29) is 0 Å². The minimum absolute atomic E-state index is 0.477. The lowest BCUT2D eigenvalue weighted by atomic mass is 10.1. The molecule has 0 aromatic carbocycles. The van der Waals surface area contributed by atoms with Crippen molar-refractivity contribution in [3.8, 4) is 0 Å². The van der Waals surface area contributed by atoms with Crippen molar-refractivity contribution < 1.29 is 0 Å². The molecule has 3 nitrogen and oxygen atoms in total. The number of thiocarbonyl (C=S) groups is 1. The van der Waals surface area contributed by atoms with Gasteiger partial charge in [-0.3, -0.25) is 0 Å². The minimum atomic E-state index is 0.477. The van der Waals surface area contributed by atoms with E-state index in [4.69, 9.17) is 22.9 Å². The van der Waals surface area contributed by atoms with Crippen LogP contribution in [0.15, 0.2) is 6.07 Å². The zero-order valence-electron chi connectivity index (χ0n) is 13.3. The average Bonchev–Trinajstić information content (AvgIpc) is 2.93. The van der Waals surface area contributed by atoms with Crippen LogP contribution in [0.25, 0.3) is 0 Å². The molecule has 0 aliphatic heterocycles. The first-order valence-corrected chi connectivity index (χ1v) is 8.65. The maximum atomic E-state index is 5.97. The first-order chi connectivity index (χ1) is 10.2. The summed E-state index contributed by atoms with van der Waals surface area (Å²) in [5, 5.41) is 0. The van der Waals surface area contributed by atoms with Crippen LogP contribution in [0.2, 0.25) is 0 Å². The Morgan fingerprint density at radius 2 is 1.90 bits per heavy atom. The van der Waals surface area contributed by atoms with Gasteiger partial charge in [-0.05, 0) is 43.7 Å². The molecule has 116 valence electrons. The molecule has 0 amide bonds. The Balaban J connectivity index is 2.34. The van der Waals surface area contributed by atoms with Gasteiger partial charge >= 0.3 is 0 Å². The Kier molecular flexibility index (Phi) is 5.97. The summed E-state index contributed by atoms with van der Waals surface area (Å²) < 4.78 is 0. The third-order valence-electron chi connectivity index (χ3n) is 4.16. The number of nitrogens with two attached hydrogens (primary N) is 1. The molecule has 0 unspecified atom stereocenters. The first-order valence-electron chi connectivity index (χ1n) is 8.24. The van der Waals surface area contributed by atoms with Gasteiger partial charge < -0.3 is 10.6 Å². The van der Waals surface area contributed by atoms with Crippen LogP contribution >= 0.6 is 12.2 Å².